The van der Waals surface area contributed by atoms with Gasteiger partial charge < -0.3 is 16.0 Å². The zero-order chi connectivity index (χ0) is 17.4. The van der Waals surface area contributed by atoms with Crippen molar-refractivity contribution in [2.24, 2.45) is 10.9 Å². The van der Waals surface area contributed by atoms with Crippen molar-refractivity contribution in [3.05, 3.63) is 29.8 Å². The van der Waals surface area contributed by atoms with Gasteiger partial charge in [0.1, 0.15) is 0 Å². The van der Waals surface area contributed by atoms with E-state index in [0.29, 0.717) is 12.6 Å². The number of hydrogen-bond acceptors (Lipinski definition) is 2. The molecule has 5 nitrogen and oxygen atoms in total. The molecule has 0 bridgehead atoms. The molecule has 132 valence electrons. The lowest BCUT2D eigenvalue weighted by Crippen LogP contribution is -2.40. The quantitative estimate of drug-likeness (QED) is 0.554. The van der Waals surface area contributed by atoms with Crippen LogP contribution in [-0.4, -0.2) is 24.5 Å². The highest BCUT2D eigenvalue weighted by Gasteiger charge is 2.22. The lowest BCUT2D eigenvalue weighted by atomic mass is 10.1. The van der Waals surface area contributed by atoms with E-state index in [2.05, 4.69) is 41.7 Å². The van der Waals surface area contributed by atoms with Crippen molar-refractivity contribution in [1.29, 1.82) is 0 Å². The number of rotatable bonds is 6. The first kappa shape index (κ1) is 18.3. The Morgan fingerprint density at radius 2 is 2.04 bits per heavy atom. The molecule has 1 fully saturated rings. The number of carbonyl (C=O) groups is 1. The van der Waals surface area contributed by atoms with Gasteiger partial charge in [0.25, 0.3) is 0 Å². The van der Waals surface area contributed by atoms with Gasteiger partial charge in [-0.3, -0.25) is 4.79 Å². The van der Waals surface area contributed by atoms with Crippen LogP contribution in [0.1, 0.15) is 52.0 Å². The summed E-state index contributed by atoms with van der Waals surface area (Å²) in [4.78, 5) is 16.8. The van der Waals surface area contributed by atoms with Crippen LogP contribution in [0.15, 0.2) is 29.3 Å². The predicted octanol–water partition coefficient (Wildman–Crippen LogP) is 3.28. The molecule has 0 unspecified atom stereocenters. The molecule has 1 amide bonds. The molecule has 0 heterocycles. The summed E-state index contributed by atoms with van der Waals surface area (Å²) in [6.45, 7) is 7.64. The number of nitrogens with one attached hydrogen (secondary N) is 3. The van der Waals surface area contributed by atoms with Crippen molar-refractivity contribution in [2.45, 2.75) is 59.0 Å². The van der Waals surface area contributed by atoms with Gasteiger partial charge >= 0.3 is 0 Å². The highest BCUT2D eigenvalue weighted by atomic mass is 16.1. The van der Waals surface area contributed by atoms with Crippen LogP contribution in [0.4, 0.5) is 5.69 Å². The van der Waals surface area contributed by atoms with Crippen LogP contribution in [0.3, 0.4) is 0 Å². The molecule has 24 heavy (non-hydrogen) atoms. The smallest absolute Gasteiger partial charge is 0.227 e. The highest BCUT2D eigenvalue weighted by molar-refractivity contribution is 5.92. The monoisotopic (exact) mass is 330 g/mol. The Labute approximate surface area is 145 Å². The standard InChI is InChI=1S/C19H30N4O/c1-4-20-19(22-14(2)3)21-13-15-8-7-11-17(12-15)23-18(24)16-9-5-6-10-16/h7-8,11-12,14,16H,4-6,9-10,13H2,1-3H3,(H,23,24)(H2,20,21,22). The molecule has 0 aliphatic heterocycles. The molecular weight excluding hydrogens is 300 g/mol. The maximum Gasteiger partial charge on any atom is 0.227 e. The summed E-state index contributed by atoms with van der Waals surface area (Å²) >= 11 is 0. The number of anilines is 1. The Morgan fingerprint density at radius 3 is 2.71 bits per heavy atom. The molecule has 2 rings (SSSR count). The average Bonchev–Trinajstić information content (AvgIpc) is 3.07. The maximum atomic E-state index is 12.2. The molecule has 0 spiro atoms. The molecule has 1 aliphatic rings. The number of hydrogen-bond donors (Lipinski definition) is 3. The molecule has 1 saturated carbocycles. The van der Waals surface area contributed by atoms with Gasteiger partial charge in [0.15, 0.2) is 5.96 Å². The van der Waals surface area contributed by atoms with Gasteiger partial charge in [0.05, 0.1) is 6.54 Å². The SMILES string of the molecule is CCNC(=NCc1cccc(NC(=O)C2CCCC2)c1)NC(C)C. The number of amides is 1. The van der Waals surface area contributed by atoms with Crippen LogP contribution in [0.5, 0.6) is 0 Å². The minimum Gasteiger partial charge on any atom is -0.357 e. The van der Waals surface area contributed by atoms with Crippen LogP contribution in [-0.2, 0) is 11.3 Å². The van der Waals surface area contributed by atoms with Crippen molar-refractivity contribution in [2.75, 3.05) is 11.9 Å². The molecule has 1 aromatic rings. The molecule has 0 atom stereocenters. The van der Waals surface area contributed by atoms with E-state index >= 15 is 0 Å². The maximum absolute atomic E-state index is 12.2. The number of guanidine groups is 1. The first-order valence-corrected chi connectivity index (χ1v) is 9.03. The summed E-state index contributed by atoms with van der Waals surface area (Å²) in [6, 6.07) is 8.29. The Kier molecular flexibility index (Phi) is 7.09. The summed E-state index contributed by atoms with van der Waals surface area (Å²) in [5, 5.41) is 9.59. The first-order valence-electron chi connectivity index (χ1n) is 9.03. The van der Waals surface area contributed by atoms with Crippen LogP contribution < -0.4 is 16.0 Å². The second-order valence-corrected chi connectivity index (χ2v) is 6.67. The van der Waals surface area contributed by atoms with E-state index in [1.54, 1.807) is 0 Å². The Balaban J connectivity index is 1.97. The van der Waals surface area contributed by atoms with Gasteiger partial charge in [0, 0.05) is 24.2 Å². The zero-order valence-electron chi connectivity index (χ0n) is 15.1. The minimum atomic E-state index is 0.156. The van der Waals surface area contributed by atoms with Crippen molar-refractivity contribution >= 4 is 17.6 Å². The van der Waals surface area contributed by atoms with Crippen LogP contribution in [0, 0.1) is 5.92 Å². The topological polar surface area (TPSA) is 65.5 Å². The summed E-state index contributed by atoms with van der Waals surface area (Å²) in [6.07, 6.45) is 4.37. The van der Waals surface area contributed by atoms with Crippen molar-refractivity contribution < 1.29 is 4.79 Å². The largest absolute Gasteiger partial charge is 0.357 e. The molecule has 0 saturated heterocycles. The predicted molar refractivity (Wildman–Crippen MR) is 100 cm³/mol. The zero-order valence-corrected chi connectivity index (χ0v) is 15.1. The number of aliphatic imine (C=N–C) groups is 1. The third-order valence-corrected chi connectivity index (χ3v) is 4.11. The summed E-state index contributed by atoms with van der Waals surface area (Å²) in [5.41, 5.74) is 1.95. The number of carbonyl (C=O) groups excluding carboxylic acids is 1. The van der Waals surface area contributed by atoms with Crippen LogP contribution in [0.25, 0.3) is 0 Å². The fourth-order valence-corrected chi connectivity index (χ4v) is 2.94. The van der Waals surface area contributed by atoms with Crippen molar-refractivity contribution in [1.82, 2.24) is 10.6 Å². The van der Waals surface area contributed by atoms with Gasteiger partial charge in [-0.25, -0.2) is 4.99 Å². The number of benzene rings is 1. The fourth-order valence-electron chi connectivity index (χ4n) is 2.94. The molecule has 5 heteroatoms. The summed E-state index contributed by atoms with van der Waals surface area (Å²) < 4.78 is 0. The van der Waals surface area contributed by atoms with Gasteiger partial charge in [-0.2, -0.15) is 0 Å². The lowest BCUT2D eigenvalue weighted by molar-refractivity contribution is -0.119. The average molecular weight is 330 g/mol. The van der Waals surface area contributed by atoms with Crippen molar-refractivity contribution in [3.63, 3.8) is 0 Å². The van der Waals surface area contributed by atoms with E-state index in [1.807, 2.05) is 24.3 Å². The summed E-state index contributed by atoms with van der Waals surface area (Å²) in [7, 11) is 0. The number of nitrogens with zero attached hydrogens (tertiary/aromatic N) is 1. The minimum absolute atomic E-state index is 0.156. The van der Waals surface area contributed by atoms with Crippen molar-refractivity contribution in [3.8, 4) is 0 Å². The fraction of sp³-hybridized carbons (Fsp3) is 0.579. The van der Waals surface area contributed by atoms with Gasteiger partial charge in [0.2, 0.25) is 5.91 Å². The van der Waals surface area contributed by atoms with Gasteiger partial charge in [-0.15, -0.1) is 0 Å². The second-order valence-electron chi connectivity index (χ2n) is 6.67. The van der Waals surface area contributed by atoms with E-state index in [9.17, 15) is 4.79 Å². The molecule has 1 aromatic carbocycles. The van der Waals surface area contributed by atoms with Crippen LogP contribution in [0.2, 0.25) is 0 Å². The van der Waals surface area contributed by atoms with E-state index in [0.717, 1.165) is 36.6 Å². The van der Waals surface area contributed by atoms with E-state index in [-0.39, 0.29) is 11.8 Å². The molecule has 0 radical (unpaired) electrons. The van der Waals surface area contributed by atoms with E-state index < -0.39 is 0 Å². The normalized spacial score (nSPS) is 15.6. The molecule has 1 aliphatic carbocycles. The van der Waals surface area contributed by atoms with E-state index in [4.69, 9.17) is 0 Å². The second kappa shape index (κ2) is 9.30. The van der Waals surface area contributed by atoms with Gasteiger partial charge in [-0.05, 0) is 51.3 Å². The van der Waals surface area contributed by atoms with E-state index in [1.165, 1.54) is 12.8 Å². The third-order valence-electron chi connectivity index (χ3n) is 4.11. The lowest BCUT2D eigenvalue weighted by Gasteiger charge is -2.14. The third kappa shape index (κ3) is 5.87. The first-order chi connectivity index (χ1) is 11.6. The summed E-state index contributed by atoms with van der Waals surface area (Å²) in [5.74, 6) is 1.15. The Morgan fingerprint density at radius 1 is 1.29 bits per heavy atom. The van der Waals surface area contributed by atoms with Crippen LogP contribution >= 0.6 is 0 Å². The molecule has 3 N–H and O–H groups in total. The Hall–Kier alpha value is -2.04. The van der Waals surface area contributed by atoms with Gasteiger partial charge in [-0.1, -0.05) is 25.0 Å². The Bertz CT molecular complexity index is 562. The molecular formula is C19H30N4O. The molecule has 0 aromatic heterocycles. The highest BCUT2D eigenvalue weighted by Crippen LogP contribution is 2.26.